The van der Waals surface area contributed by atoms with Crippen molar-refractivity contribution < 1.29 is 23.2 Å². The van der Waals surface area contributed by atoms with Gasteiger partial charge in [-0.1, -0.05) is 0 Å². The van der Waals surface area contributed by atoms with Crippen molar-refractivity contribution in [3.8, 4) is 0 Å². The van der Waals surface area contributed by atoms with Gasteiger partial charge in [-0.3, -0.25) is 10.1 Å². The van der Waals surface area contributed by atoms with E-state index in [1.807, 2.05) is 0 Å². The number of pyridine rings is 1. The molecule has 1 rings (SSSR count). The van der Waals surface area contributed by atoms with Gasteiger partial charge in [0.1, 0.15) is 3.70 Å². The van der Waals surface area contributed by atoms with Crippen LogP contribution < -0.4 is 0 Å². The molecule has 1 aromatic rings. The Kier molecular flexibility index (Phi) is 4.26. The number of carbonyl (C=O) groups excluding carboxylic acids is 1. The maximum atomic E-state index is 12.5. The Hall–Kier alpha value is -1.39. The Labute approximate surface area is 107 Å². The van der Waals surface area contributed by atoms with E-state index in [-0.39, 0.29) is 3.70 Å². The summed E-state index contributed by atoms with van der Waals surface area (Å²) in [7, 11) is 1.02. The normalized spacial score (nSPS) is 10.4. The third kappa shape index (κ3) is 2.84. The second-order valence-corrected chi connectivity index (χ2v) is 3.81. The lowest BCUT2D eigenvalue weighted by molar-refractivity contribution is -0.385. The topological polar surface area (TPSA) is 82.3 Å². The lowest BCUT2D eigenvalue weighted by Crippen LogP contribution is -2.11. The van der Waals surface area contributed by atoms with E-state index < -0.39 is 34.3 Å². The van der Waals surface area contributed by atoms with Crippen LogP contribution in [0.25, 0.3) is 0 Å². The van der Waals surface area contributed by atoms with Gasteiger partial charge in [0.05, 0.1) is 17.6 Å². The smallest absolute Gasteiger partial charge is 0.363 e. The van der Waals surface area contributed by atoms with Crippen molar-refractivity contribution in [1.29, 1.82) is 0 Å². The minimum atomic E-state index is -2.90. The zero-order chi connectivity index (χ0) is 13.2. The average molecular weight is 358 g/mol. The van der Waals surface area contributed by atoms with Gasteiger partial charge in [0.2, 0.25) is 5.69 Å². The summed E-state index contributed by atoms with van der Waals surface area (Å²) in [6, 6.07) is 0.631. The van der Waals surface area contributed by atoms with Crippen LogP contribution in [0.2, 0.25) is 0 Å². The van der Waals surface area contributed by atoms with Gasteiger partial charge in [0.15, 0.2) is 0 Å². The fourth-order valence-corrected chi connectivity index (χ4v) is 1.67. The fourth-order valence-electron chi connectivity index (χ4n) is 1.03. The molecule has 0 unspecified atom stereocenters. The molecule has 0 bridgehead atoms. The third-order valence-corrected chi connectivity index (χ3v) is 2.66. The molecule has 0 aliphatic carbocycles. The molecule has 6 nitrogen and oxygen atoms in total. The maximum absolute atomic E-state index is 12.5. The summed E-state index contributed by atoms with van der Waals surface area (Å²) >= 11 is 1.47. The van der Waals surface area contributed by atoms with Crippen molar-refractivity contribution in [3.05, 3.63) is 31.1 Å². The van der Waals surface area contributed by atoms with E-state index in [1.54, 1.807) is 0 Å². The zero-order valence-electron chi connectivity index (χ0n) is 8.32. The van der Waals surface area contributed by atoms with Gasteiger partial charge in [-0.2, -0.15) is 0 Å². The standard InChI is InChI=1S/C8H5F2IN2O4/c1-17-8(14)5-4(13(15)16)2-3(6(9)10)7(11)12-5/h2,6H,1H3. The number of hydrogen-bond donors (Lipinski definition) is 0. The zero-order valence-corrected chi connectivity index (χ0v) is 10.5. The van der Waals surface area contributed by atoms with Crippen LogP contribution in [0, 0.1) is 13.8 Å². The molecule has 92 valence electrons. The number of aromatic nitrogens is 1. The summed E-state index contributed by atoms with van der Waals surface area (Å²) in [5.74, 6) is -1.05. The van der Waals surface area contributed by atoms with Gasteiger partial charge in [-0.15, -0.1) is 0 Å². The molecule has 0 saturated heterocycles. The van der Waals surface area contributed by atoms with Gasteiger partial charge in [-0.05, 0) is 22.6 Å². The first kappa shape index (κ1) is 13.7. The Morgan fingerprint density at radius 2 is 2.24 bits per heavy atom. The molecule has 0 spiro atoms. The molecule has 9 heteroatoms. The van der Waals surface area contributed by atoms with E-state index in [0.717, 1.165) is 7.11 Å². The molecule has 0 amide bonds. The number of esters is 1. The fraction of sp³-hybridized carbons (Fsp3) is 0.250. The minimum absolute atomic E-state index is 0.177. The minimum Gasteiger partial charge on any atom is -0.464 e. The first-order valence-electron chi connectivity index (χ1n) is 4.09. The Morgan fingerprint density at radius 1 is 1.65 bits per heavy atom. The number of alkyl halides is 2. The van der Waals surface area contributed by atoms with E-state index >= 15 is 0 Å². The van der Waals surface area contributed by atoms with Crippen LogP contribution in [0.5, 0.6) is 0 Å². The predicted octanol–water partition coefficient (Wildman–Crippen LogP) is 2.32. The van der Waals surface area contributed by atoms with Crippen molar-refractivity contribution in [3.63, 3.8) is 0 Å². The van der Waals surface area contributed by atoms with Crippen LogP contribution in [-0.2, 0) is 4.74 Å². The highest BCUT2D eigenvalue weighted by molar-refractivity contribution is 14.1. The summed E-state index contributed by atoms with van der Waals surface area (Å²) in [4.78, 5) is 24.4. The first-order chi connectivity index (χ1) is 7.88. The number of methoxy groups -OCH3 is 1. The first-order valence-corrected chi connectivity index (χ1v) is 5.17. The van der Waals surface area contributed by atoms with Crippen LogP contribution in [0.3, 0.4) is 0 Å². The van der Waals surface area contributed by atoms with E-state index in [1.165, 1.54) is 22.6 Å². The number of carbonyl (C=O) groups is 1. The molecule has 0 aliphatic heterocycles. The third-order valence-electron chi connectivity index (χ3n) is 1.79. The SMILES string of the molecule is COC(=O)c1nc(I)c(C(F)F)cc1[N+](=O)[O-]. The average Bonchev–Trinajstić information content (AvgIpc) is 2.26. The maximum Gasteiger partial charge on any atom is 0.363 e. The number of rotatable bonds is 3. The molecular weight excluding hydrogens is 353 g/mol. The predicted molar refractivity (Wildman–Crippen MR) is 59.9 cm³/mol. The van der Waals surface area contributed by atoms with E-state index in [0.29, 0.717) is 6.07 Å². The van der Waals surface area contributed by atoms with Gasteiger partial charge >= 0.3 is 11.7 Å². The lowest BCUT2D eigenvalue weighted by atomic mass is 10.2. The molecule has 0 radical (unpaired) electrons. The monoisotopic (exact) mass is 358 g/mol. The summed E-state index contributed by atoms with van der Waals surface area (Å²) in [6.45, 7) is 0. The number of halogens is 3. The summed E-state index contributed by atoms with van der Waals surface area (Å²) in [5.41, 5.74) is -1.98. The van der Waals surface area contributed by atoms with Crippen LogP contribution >= 0.6 is 22.6 Å². The summed E-state index contributed by atoms with van der Waals surface area (Å²) in [6.07, 6.45) is -2.90. The van der Waals surface area contributed by atoms with E-state index in [9.17, 15) is 23.7 Å². The quantitative estimate of drug-likeness (QED) is 0.272. The van der Waals surface area contributed by atoms with Crippen molar-refractivity contribution in [1.82, 2.24) is 4.98 Å². The lowest BCUT2D eigenvalue weighted by Gasteiger charge is -2.05. The molecule has 0 N–H and O–H groups in total. The summed E-state index contributed by atoms with van der Waals surface area (Å²) < 4.78 is 29.1. The van der Waals surface area contributed by atoms with Crippen molar-refractivity contribution in [2.24, 2.45) is 0 Å². The molecule has 0 aliphatic rings. The van der Waals surface area contributed by atoms with Gasteiger partial charge in [0.25, 0.3) is 6.43 Å². The van der Waals surface area contributed by atoms with Crippen LogP contribution in [-0.4, -0.2) is 23.0 Å². The van der Waals surface area contributed by atoms with Crippen molar-refractivity contribution in [2.45, 2.75) is 6.43 Å². The highest BCUT2D eigenvalue weighted by Gasteiger charge is 2.27. The van der Waals surface area contributed by atoms with Crippen LogP contribution in [0.1, 0.15) is 22.5 Å². The highest BCUT2D eigenvalue weighted by Crippen LogP contribution is 2.29. The van der Waals surface area contributed by atoms with Gasteiger partial charge in [0, 0.05) is 6.07 Å². The van der Waals surface area contributed by atoms with E-state index in [4.69, 9.17) is 0 Å². The highest BCUT2D eigenvalue weighted by atomic mass is 127. The number of ether oxygens (including phenoxy) is 1. The molecule has 0 fully saturated rings. The Morgan fingerprint density at radius 3 is 2.65 bits per heavy atom. The molecule has 17 heavy (non-hydrogen) atoms. The van der Waals surface area contributed by atoms with Crippen LogP contribution in [0.15, 0.2) is 6.07 Å². The summed E-state index contributed by atoms with van der Waals surface area (Å²) in [5, 5.41) is 10.6. The molecular formula is C8H5F2IN2O4. The van der Waals surface area contributed by atoms with Crippen molar-refractivity contribution in [2.75, 3.05) is 7.11 Å². The molecule has 1 aromatic heterocycles. The largest absolute Gasteiger partial charge is 0.464 e. The Bertz CT molecular complexity index is 481. The van der Waals surface area contributed by atoms with Crippen LogP contribution in [0.4, 0.5) is 14.5 Å². The second-order valence-electron chi connectivity index (χ2n) is 2.79. The second kappa shape index (κ2) is 5.29. The molecule has 0 aromatic carbocycles. The molecule has 0 atom stereocenters. The number of nitrogens with zero attached hydrogens (tertiary/aromatic N) is 2. The molecule has 1 heterocycles. The van der Waals surface area contributed by atoms with E-state index in [2.05, 4.69) is 9.72 Å². The van der Waals surface area contributed by atoms with Gasteiger partial charge in [-0.25, -0.2) is 18.6 Å². The number of hydrogen-bond acceptors (Lipinski definition) is 5. The molecule has 0 saturated carbocycles. The number of nitro groups is 1. The van der Waals surface area contributed by atoms with Crippen molar-refractivity contribution >= 4 is 34.2 Å². The van der Waals surface area contributed by atoms with Gasteiger partial charge < -0.3 is 4.74 Å². The Balaban J connectivity index is 3.46.